The third-order valence-corrected chi connectivity index (χ3v) is 4.63. The van der Waals surface area contributed by atoms with Crippen molar-refractivity contribution in [3.8, 4) is 0 Å². The quantitative estimate of drug-likeness (QED) is 0.845. The van der Waals surface area contributed by atoms with E-state index in [4.69, 9.17) is 0 Å². The first kappa shape index (κ1) is 17.1. The number of nitrogens with zero attached hydrogens (tertiary/aromatic N) is 2. The summed E-state index contributed by atoms with van der Waals surface area (Å²) >= 11 is 0. The van der Waals surface area contributed by atoms with Crippen LogP contribution >= 0.6 is 0 Å². The van der Waals surface area contributed by atoms with Crippen LogP contribution < -0.4 is 10.6 Å². The maximum atomic E-state index is 12.4. The average molecular weight is 338 g/mol. The van der Waals surface area contributed by atoms with Crippen molar-refractivity contribution in [1.29, 1.82) is 0 Å². The van der Waals surface area contributed by atoms with E-state index < -0.39 is 0 Å². The van der Waals surface area contributed by atoms with Gasteiger partial charge in [-0.15, -0.1) is 0 Å². The number of nitrogens with one attached hydrogen (secondary N) is 2. The van der Waals surface area contributed by atoms with Gasteiger partial charge in [0.15, 0.2) is 0 Å². The minimum absolute atomic E-state index is 0.0657. The van der Waals surface area contributed by atoms with Gasteiger partial charge in [0, 0.05) is 25.2 Å². The van der Waals surface area contributed by atoms with Crippen LogP contribution in [0.25, 0.3) is 0 Å². The maximum absolute atomic E-state index is 12.4. The fourth-order valence-corrected chi connectivity index (χ4v) is 3.51. The van der Waals surface area contributed by atoms with Crippen LogP contribution in [-0.2, 0) is 9.59 Å². The predicted molar refractivity (Wildman–Crippen MR) is 95.9 cm³/mol. The first-order valence-electron chi connectivity index (χ1n) is 8.55. The Morgan fingerprint density at radius 1 is 0.880 bits per heavy atom. The molecule has 2 aromatic heterocycles. The Morgan fingerprint density at radius 3 is 1.76 bits per heavy atom. The number of anilines is 2. The van der Waals surface area contributed by atoms with E-state index in [1.807, 2.05) is 0 Å². The number of carbonyl (C=O) groups excluding carboxylic acids is 2. The van der Waals surface area contributed by atoms with Gasteiger partial charge in [-0.05, 0) is 42.5 Å². The lowest BCUT2D eigenvalue weighted by atomic mass is 9.79. The molecule has 0 bridgehead atoms. The molecule has 130 valence electrons. The molecule has 6 nitrogen and oxygen atoms in total. The van der Waals surface area contributed by atoms with Crippen LogP contribution in [0, 0.1) is 5.41 Å². The van der Waals surface area contributed by atoms with Gasteiger partial charge in [-0.1, -0.05) is 12.8 Å². The third-order valence-electron chi connectivity index (χ3n) is 4.63. The number of hydrogen-bond acceptors (Lipinski definition) is 4. The number of pyridine rings is 2. The minimum Gasteiger partial charge on any atom is -0.325 e. The van der Waals surface area contributed by atoms with Crippen molar-refractivity contribution in [2.45, 2.75) is 38.5 Å². The molecule has 0 radical (unpaired) electrons. The summed E-state index contributed by atoms with van der Waals surface area (Å²) in [4.78, 5) is 32.9. The Morgan fingerprint density at radius 2 is 1.36 bits per heavy atom. The first-order valence-corrected chi connectivity index (χ1v) is 8.55. The first-order chi connectivity index (χ1) is 12.2. The fraction of sp³-hybridized carbons (Fsp3) is 0.368. The van der Waals surface area contributed by atoms with E-state index in [-0.39, 0.29) is 17.2 Å². The van der Waals surface area contributed by atoms with Crippen molar-refractivity contribution in [1.82, 2.24) is 9.97 Å². The molecule has 2 N–H and O–H groups in total. The molecule has 0 aliphatic heterocycles. The van der Waals surface area contributed by atoms with Crippen LogP contribution in [0.2, 0.25) is 0 Å². The zero-order valence-corrected chi connectivity index (χ0v) is 14.1. The number of rotatable bonds is 6. The lowest BCUT2D eigenvalue weighted by Gasteiger charge is -2.27. The van der Waals surface area contributed by atoms with Gasteiger partial charge in [0.2, 0.25) is 11.8 Å². The molecule has 2 heterocycles. The molecule has 1 fully saturated rings. The highest BCUT2D eigenvalue weighted by atomic mass is 16.2. The van der Waals surface area contributed by atoms with Gasteiger partial charge in [0.25, 0.3) is 0 Å². The van der Waals surface area contributed by atoms with E-state index in [9.17, 15) is 9.59 Å². The Kier molecular flexibility index (Phi) is 5.38. The zero-order valence-electron chi connectivity index (χ0n) is 14.1. The van der Waals surface area contributed by atoms with E-state index in [0.717, 1.165) is 25.7 Å². The number of carbonyl (C=O) groups is 2. The largest absolute Gasteiger partial charge is 0.325 e. The van der Waals surface area contributed by atoms with Gasteiger partial charge in [0.05, 0.1) is 23.8 Å². The highest BCUT2D eigenvalue weighted by Gasteiger charge is 2.38. The monoisotopic (exact) mass is 338 g/mol. The van der Waals surface area contributed by atoms with Gasteiger partial charge in [-0.25, -0.2) is 0 Å². The topological polar surface area (TPSA) is 84.0 Å². The zero-order chi connectivity index (χ0) is 17.5. The normalized spacial score (nSPS) is 15.5. The van der Waals surface area contributed by atoms with E-state index in [2.05, 4.69) is 20.6 Å². The second kappa shape index (κ2) is 7.88. The summed E-state index contributed by atoms with van der Waals surface area (Å²) in [7, 11) is 0. The van der Waals surface area contributed by atoms with Crippen LogP contribution in [0.4, 0.5) is 11.4 Å². The molecule has 6 heteroatoms. The number of amides is 2. The van der Waals surface area contributed by atoms with Crippen LogP contribution in [0.3, 0.4) is 0 Å². The molecule has 0 saturated heterocycles. The standard InChI is InChI=1S/C19H22N4O2/c24-17(22-15-5-3-9-20-13-15)11-19(7-1-2-8-19)12-18(25)23-16-6-4-10-21-14-16/h3-6,9-10,13-14H,1-2,7-8,11-12H2,(H,22,24)(H,23,25). The maximum Gasteiger partial charge on any atom is 0.224 e. The van der Waals surface area contributed by atoms with Gasteiger partial charge < -0.3 is 10.6 Å². The summed E-state index contributed by atoms with van der Waals surface area (Å²) in [6, 6.07) is 7.17. The summed E-state index contributed by atoms with van der Waals surface area (Å²) in [5.74, 6) is -0.131. The van der Waals surface area contributed by atoms with E-state index in [0.29, 0.717) is 24.2 Å². The Balaban J connectivity index is 1.61. The van der Waals surface area contributed by atoms with Crippen LogP contribution in [-0.4, -0.2) is 21.8 Å². The summed E-state index contributed by atoms with van der Waals surface area (Å²) in [5, 5.41) is 5.75. The van der Waals surface area contributed by atoms with Crippen LogP contribution in [0.5, 0.6) is 0 Å². The summed E-state index contributed by atoms with van der Waals surface area (Å²) in [5.41, 5.74) is 1.10. The second-order valence-corrected chi connectivity index (χ2v) is 6.64. The Hall–Kier alpha value is -2.76. The smallest absolute Gasteiger partial charge is 0.224 e. The van der Waals surface area contributed by atoms with Gasteiger partial charge in [-0.2, -0.15) is 0 Å². The molecule has 0 aromatic carbocycles. The second-order valence-electron chi connectivity index (χ2n) is 6.64. The molecular formula is C19H22N4O2. The molecule has 1 aliphatic carbocycles. The molecule has 0 spiro atoms. The molecule has 0 atom stereocenters. The number of aromatic nitrogens is 2. The van der Waals surface area contributed by atoms with E-state index in [1.165, 1.54) is 0 Å². The predicted octanol–water partition coefficient (Wildman–Crippen LogP) is 3.39. The lowest BCUT2D eigenvalue weighted by Crippen LogP contribution is -2.30. The van der Waals surface area contributed by atoms with E-state index >= 15 is 0 Å². The van der Waals surface area contributed by atoms with Gasteiger partial charge in [0.1, 0.15) is 0 Å². The van der Waals surface area contributed by atoms with Crippen molar-refractivity contribution in [3.63, 3.8) is 0 Å². The van der Waals surface area contributed by atoms with Crippen molar-refractivity contribution >= 4 is 23.2 Å². The molecule has 1 aliphatic rings. The van der Waals surface area contributed by atoms with Crippen molar-refractivity contribution < 1.29 is 9.59 Å². The van der Waals surface area contributed by atoms with Crippen molar-refractivity contribution in [3.05, 3.63) is 49.1 Å². The highest BCUT2D eigenvalue weighted by molar-refractivity contribution is 5.93. The molecule has 3 rings (SSSR count). The fourth-order valence-electron chi connectivity index (χ4n) is 3.51. The Labute approximate surface area is 147 Å². The number of hydrogen-bond donors (Lipinski definition) is 2. The van der Waals surface area contributed by atoms with E-state index in [1.54, 1.807) is 49.1 Å². The molecule has 2 aromatic rings. The SMILES string of the molecule is O=C(CC1(CC(=O)Nc2cccnc2)CCCC1)Nc1cccnc1. The molecule has 2 amide bonds. The lowest BCUT2D eigenvalue weighted by molar-refractivity contribution is -0.121. The molecule has 25 heavy (non-hydrogen) atoms. The van der Waals surface area contributed by atoms with Gasteiger partial charge in [-0.3, -0.25) is 19.6 Å². The van der Waals surface area contributed by atoms with Crippen molar-refractivity contribution in [2.75, 3.05) is 10.6 Å². The van der Waals surface area contributed by atoms with Crippen LogP contribution in [0.15, 0.2) is 49.1 Å². The van der Waals surface area contributed by atoms with Crippen LogP contribution in [0.1, 0.15) is 38.5 Å². The summed E-state index contributed by atoms with van der Waals surface area (Å²) in [6.07, 6.45) is 11.2. The minimum atomic E-state index is -0.265. The molecule has 0 unspecified atom stereocenters. The Bertz CT molecular complexity index is 655. The summed E-state index contributed by atoms with van der Waals surface area (Å²) < 4.78 is 0. The average Bonchev–Trinajstić information content (AvgIpc) is 3.04. The van der Waals surface area contributed by atoms with Gasteiger partial charge >= 0.3 is 0 Å². The molecular weight excluding hydrogens is 316 g/mol. The third kappa shape index (κ3) is 4.86. The summed E-state index contributed by atoms with van der Waals surface area (Å²) in [6.45, 7) is 0. The molecule has 1 saturated carbocycles. The van der Waals surface area contributed by atoms with Crippen molar-refractivity contribution in [2.24, 2.45) is 5.41 Å². The highest BCUT2D eigenvalue weighted by Crippen LogP contribution is 2.44.